The molecule has 0 aromatic carbocycles. The van der Waals surface area contributed by atoms with Crippen molar-refractivity contribution in [2.45, 2.75) is 18.9 Å². The molecule has 1 atom stereocenters. The standard InChI is InChI=1S/C17H17N5O2/c1-22-10-13(9-20-22)14-5-11-6-16(19-8-12(11)7-18-14)21-17(23)15-3-2-4-24-15/h5-10,15H,2-4H2,1H3,(H,19,21,23)/t15-/m0/s1. The van der Waals surface area contributed by atoms with Crippen molar-refractivity contribution in [2.24, 2.45) is 7.05 Å². The third-order valence-electron chi connectivity index (χ3n) is 4.08. The molecule has 1 amide bonds. The molecule has 7 heteroatoms. The number of aromatic nitrogens is 4. The number of fused-ring (bicyclic) bond motifs is 1. The van der Waals surface area contributed by atoms with Crippen molar-refractivity contribution < 1.29 is 9.53 Å². The summed E-state index contributed by atoms with van der Waals surface area (Å²) < 4.78 is 7.13. The van der Waals surface area contributed by atoms with Crippen LogP contribution in [0.5, 0.6) is 0 Å². The maximum atomic E-state index is 12.1. The number of rotatable bonds is 3. The van der Waals surface area contributed by atoms with Crippen molar-refractivity contribution >= 4 is 22.5 Å². The summed E-state index contributed by atoms with van der Waals surface area (Å²) in [5.41, 5.74) is 1.78. The summed E-state index contributed by atoms with van der Waals surface area (Å²) in [6, 6.07) is 3.82. The van der Waals surface area contributed by atoms with E-state index in [1.54, 1.807) is 23.3 Å². The highest BCUT2D eigenvalue weighted by atomic mass is 16.5. The Bertz CT molecular complexity index is 899. The van der Waals surface area contributed by atoms with Gasteiger partial charge in [-0.3, -0.25) is 14.5 Å². The van der Waals surface area contributed by atoms with Crippen LogP contribution < -0.4 is 5.32 Å². The fraction of sp³-hybridized carbons (Fsp3) is 0.294. The summed E-state index contributed by atoms with van der Waals surface area (Å²) in [5.74, 6) is 0.382. The number of ether oxygens (including phenoxy) is 1. The van der Waals surface area contributed by atoms with Gasteiger partial charge in [0.05, 0.1) is 11.9 Å². The third kappa shape index (κ3) is 2.85. The van der Waals surface area contributed by atoms with E-state index in [-0.39, 0.29) is 12.0 Å². The highest BCUT2D eigenvalue weighted by Gasteiger charge is 2.23. The highest BCUT2D eigenvalue weighted by molar-refractivity contribution is 5.95. The molecule has 0 spiro atoms. The summed E-state index contributed by atoms with van der Waals surface area (Å²) in [4.78, 5) is 20.9. The molecular weight excluding hydrogens is 306 g/mol. The van der Waals surface area contributed by atoms with E-state index in [4.69, 9.17) is 4.74 Å². The lowest BCUT2D eigenvalue weighted by Gasteiger charge is -2.10. The second kappa shape index (κ2) is 6.01. The van der Waals surface area contributed by atoms with Crippen LogP contribution in [0.15, 0.2) is 36.9 Å². The first-order valence-corrected chi connectivity index (χ1v) is 7.86. The second-order valence-corrected chi connectivity index (χ2v) is 5.88. The minimum Gasteiger partial charge on any atom is -0.368 e. The van der Waals surface area contributed by atoms with E-state index in [0.717, 1.165) is 34.9 Å². The quantitative estimate of drug-likeness (QED) is 0.798. The molecule has 0 radical (unpaired) electrons. The van der Waals surface area contributed by atoms with E-state index in [1.165, 1.54) is 0 Å². The minimum absolute atomic E-state index is 0.138. The lowest BCUT2D eigenvalue weighted by Crippen LogP contribution is -2.27. The van der Waals surface area contributed by atoms with Gasteiger partial charge in [0, 0.05) is 43.2 Å². The number of hydrogen-bond acceptors (Lipinski definition) is 5. The monoisotopic (exact) mass is 323 g/mol. The number of carbonyl (C=O) groups is 1. The highest BCUT2D eigenvalue weighted by Crippen LogP contribution is 2.23. The Hall–Kier alpha value is -2.80. The molecule has 1 N–H and O–H groups in total. The summed E-state index contributed by atoms with van der Waals surface area (Å²) in [6.07, 6.45) is 8.48. The number of hydrogen-bond donors (Lipinski definition) is 1. The molecule has 1 aliphatic rings. The van der Waals surface area contributed by atoms with Crippen LogP contribution in [0.3, 0.4) is 0 Å². The molecule has 1 aliphatic heterocycles. The molecule has 0 bridgehead atoms. The largest absolute Gasteiger partial charge is 0.368 e. The third-order valence-corrected chi connectivity index (χ3v) is 4.08. The van der Waals surface area contributed by atoms with Crippen molar-refractivity contribution in [1.29, 1.82) is 0 Å². The van der Waals surface area contributed by atoms with E-state index in [2.05, 4.69) is 20.4 Å². The predicted octanol–water partition coefficient (Wildman–Crippen LogP) is 2.15. The molecule has 4 rings (SSSR count). The summed E-state index contributed by atoms with van der Waals surface area (Å²) in [7, 11) is 1.87. The van der Waals surface area contributed by atoms with Crippen LogP contribution in [0.1, 0.15) is 12.8 Å². The number of aryl methyl sites for hydroxylation is 1. The summed E-state index contributed by atoms with van der Waals surface area (Å²) in [6.45, 7) is 0.642. The van der Waals surface area contributed by atoms with Crippen LogP contribution in [0.4, 0.5) is 5.82 Å². The fourth-order valence-electron chi connectivity index (χ4n) is 2.81. The molecular formula is C17H17N5O2. The molecule has 24 heavy (non-hydrogen) atoms. The zero-order valence-corrected chi connectivity index (χ0v) is 13.3. The first kappa shape index (κ1) is 14.8. The smallest absolute Gasteiger partial charge is 0.254 e. The molecule has 0 saturated carbocycles. The van der Waals surface area contributed by atoms with Gasteiger partial charge >= 0.3 is 0 Å². The van der Waals surface area contributed by atoms with Crippen molar-refractivity contribution in [1.82, 2.24) is 19.7 Å². The van der Waals surface area contributed by atoms with Gasteiger partial charge in [0.25, 0.3) is 5.91 Å². The molecule has 7 nitrogen and oxygen atoms in total. The summed E-state index contributed by atoms with van der Waals surface area (Å²) in [5, 5.41) is 8.87. The average molecular weight is 323 g/mol. The van der Waals surface area contributed by atoms with Crippen molar-refractivity contribution in [3.8, 4) is 11.3 Å². The van der Waals surface area contributed by atoms with Crippen molar-refractivity contribution in [3.63, 3.8) is 0 Å². The number of nitrogens with one attached hydrogen (secondary N) is 1. The van der Waals surface area contributed by atoms with Crippen molar-refractivity contribution in [3.05, 3.63) is 36.9 Å². The zero-order valence-electron chi connectivity index (χ0n) is 13.3. The van der Waals surface area contributed by atoms with Gasteiger partial charge < -0.3 is 10.1 Å². The van der Waals surface area contributed by atoms with Gasteiger partial charge in [-0.25, -0.2) is 4.98 Å². The lowest BCUT2D eigenvalue weighted by molar-refractivity contribution is -0.124. The molecule has 3 aromatic heterocycles. The number of nitrogens with zero attached hydrogens (tertiary/aromatic N) is 4. The number of anilines is 1. The zero-order chi connectivity index (χ0) is 16.5. The molecule has 0 unspecified atom stereocenters. The minimum atomic E-state index is -0.370. The Morgan fingerprint density at radius 2 is 2.12 bits per heavy atom. The second-order valence-electron chi connectivity index (χ2n) is 5.88. The van der Waals surface area contributed by atoms with E-state index >= 15 is 0 Å². The fourth-order valence-corrected chi connectivity index (χ4v) is 2.81. The van der Waals surface area contributed by atoms with Crippen LogP contribution in [-0.2, 0) is 16.6 Å². The van der Waals surface area contributed by atoms with Crippen molar-refractivity contribution in [2.75, 3.05) is 11.9 Å². The molecule has 0 aliphatic carbocycles. The van der Waals surface area contributed by atoms with Gasteiger partial charge in [-0.2, -0.15) is 5.10 Å². The number of pyridine rings is 2. The van der Waals surface area contributed by atoms with Gasteiger partial charge in [-0.05, 0) is 30.4 Å². The Morgan fingerprint density at radius 1 is 1.25 bits per heavy atom. The van der Waals surface area contributed by atoms with Gasteiger partial charge in [-0.15, -0.1) is 0 Å². The van der Waals surface area contributed by atoms with Gasteiger partial charge in [-0.1, -0.05) is 0 Å². The van der Waals surface area contributed by atoms with Gasteiger partial charge in [0.1, 0.15) is 11.9 Å². The molecule has 3 aromatic rings. The molecule has 122 valence electrons. The Balaban J connectivity index is 1.62. The molecule has 1 fully saturated rings. The molecule has 1 saturated heterocycles. The first-order chi connectivity index (χ1) is 11.7. The number of amides is 1. The Labute approximate surface area is 138 Å². The topological polar surface area (TPSA) is 81.9 Å². The van der Waals surface area contributed by atoms with E-state index in [9.17, 15) is 4.79 Å². The van der Waals surface area contributed by atoms with Gasteiger partial charge in [0.2, 0.25) is 0 Å². The lowest BCUT2D eigenvalue weighted by atomic mass is 10.1. The van der Waals surface area contributed by atoms with Crippen LogP contribution in [0.25, 0.3) is 22.0 Å². The predicted molar refractivity (Wildman–Crippen MR) is 89.3 cm³/mol. The maximum Gasteiger partial charge on any atom is 0.254 e. The van der Waals surface area contributed by atoms with Gasteiger partial charge in [0.15, 0.2) is 0 Å². The van der Waals surface area contributed by atoms with E-state index in [1.807, 2.05) is 25.4 Å². The van der Waals surface area contributed by atoms with Crippen LogP contribution in [-0.4, -0.2) is 38.4 Å². The summed E-state index contributed by atoms with van der Waals surface area (Å²) >= 11 is 0. The Morgan fingerprint density at radius 3 is 2.88 bits per heavy atom. The van der Waals surface area contributed by atoms with Crippen LogP contribution >= 0.6 is 0 Å². The normalized spacial score (nSPS) is 17.3. The SMILES string of the molecule is Cn1cc(-c2cc3cc(NC(=O)[C@@H]4CCCO4)ncc3cn2)cn1. The average Bonchev–Trinajstić information content (AvgIpc) is 3.25. The van der Waals surface area contributed by atoms with E-state index in [0.29, 0.717) is 12.4 Å². The number of carbonyl (C=O) groups excluding carboxylic acids is 1. The van der Waals surface area contributed by atoms with Crippen LogP contribution in [0.2, 0.25) is 0 Å². The first-order valence-electron chi connectivity index (χ1n) is 7.86. The molecule has 4 heterocycles. The van der Waals surface area contributed by atoms with E-state index < -0.39 is 0 Å². The Kier molecular flexibility index (Phi) is 3.70. The maximum absolute atomic E-state index is 12.1. The van der Waals surface area contributed by atoms with Crippen LogP contribution in [0, 0.1) is 0 Å².